The summed E-state index contributed by atoms with van der Waals surface area (Å²) in [6.07, 6.45) is 21.2. The smallest absolute Gasteiger partial charge is 0.329 e. The molecule has 2 N–H and O–H groups in total. The Morgan fingerprint density at radius 1 is 0.731 bits per heavy atom. The van der Waals surface area contributed by atoms with Crippen molar-refractivity contribution >= 4 is 11.9 Å². The number of rotatable bonds is 18. The van der Waals surface area contributed by atoms with Gasteiger partial charge >= 0.3 is 5.97 Å². The number of hydrogen-bond acceptors (Lipinski definition) is 2. The lowest BCUT2D eigenvalue weighted by atomic mass is 10.0. The van der Waals surface area contributed by atoms with Gasteiger partial charge in [0.05, 0.1) is 0 Å². The predicted octanol–water partition coefficient (Wildman–Crippen LogP) is 5.98. The third-order valence-corrected chi connectivity index (χ3v) is 5.55. The average molecular weight is 368 g/mol. The van der Waals surface area contributed by atoms with E-state index in [9.17, 15) is 9.59 Å². The van der Waals surface area contributed by atoms with Gasteiger partial charge in [-0.25, -0.2) is 4.79 Å². The predicted molar refractivity (Wildman–Crippen MR) is 107 cm³/mol. The van der Waals surface area contributed by atoms with Gasteiger partial charge < -0.3 is 10.4 Å². The van der Waals surface area contributed by atoms with Crippen LogP contribution in [0.15, 0.2) is 0 Å². The molecule has 0 spiro atoms. The van der Waals surface area contributed by atoms with Crippen LogP contribution in [0.3, 0.4) is 0 Å². The van der Waals surface area contributed by atoms with Crippen LogP contribution in [0.5, 0.6) is 0 Å². The maximum atomic E-state index is 11.8. The van der Waals surface area contributed by atoms with Crippen molar-refractivity contribution in [2.75, 3.05) is 0 Å². The lowest BCUT2D eigenvalue weighted by molar-refractivity contribution is -0.143. The van der Waals surface area contributed by atoms with Crippen molar-refractivity contribution in [2.24, 2.45) is 0 Å². The zero-order valence-electron chi connectivity index (χ0n) is 17.0. The molecule has 0 aliphatic heterocycles. The van der Waals surface area contributed by atoms with E-state index < -0.39 is 11.5 Å². The quantitative estimate of drug-likeness (QED) is 0.293. The van der Waals surface area contributed by atoms with Crippen molar-refractivity contribution in [1.29, 1.82) is 0 Å². The van der Waals surface area contributed by atoms with E-state index in [0.29, 0.717) is 19.3 Å². The molecule has 26 heavy (non-hydrogen) atoms. The number of hydrogen-bond donors (Lipinski definition) is 2. The molecule has 0 radical (unpaired) electrons. The lowest BCUT2D eigenvalue weighted by Crippen LogP contribution is -2.42. The average Bonchev–Trinajstić information content (AvgIpc) is 3.39. The van der Waals surface area contributed by atoms with E-state index in [4.69, 9.17) is 5.11 Å². The van der Waals surface area contributed by atoms with E-state index in [1.165, 1.54) is 83.5 Å². The van der Waals surface area contributed by atoms with Crippen LogP contribution < -0.4 is 5.32 Å². The molecule has 152 valence electrons. The first-order chi connectivity index (χ1) is 12.6. The highest BCUT2D eigenvalue weighted by molar-refractivity contribution is 5.89. The summed E-state index contributed by atoms with van der Waals surface area (Å²) in [4.78, 5) is 22.8. The normalized spacial score (nSPS) is 15.0. The van der Waals surface area contributed by atoms with Gasteiger partial charge in [0.2, 0.25) is 5.91 Å². The molecule has 0 heterocycles. The largest absolute Gasteiger partial charge is 0.480 e. The van der Waals surface area contributed by atoms with Gasteiger partial charge in [-0.3, -0.25) is 4.79 Å². The van der Waals surface area contributed by atoms with E-state index in [-0.39, 0.29) is 5.91 Å². The molecule has 1 aliphatic carbocycles. The lowest BCUT2D eigenvalue weighted by Gasteiger charge is -2.12. The van der Waals surface area contributed by atoms with Crippen LogP contribution >= 0.6 is 0 Å². The molecular weight excluding hydrogens is 326 g/mol. The van der Waals surface area contributed by atoms with Crippen LogP contribution in [0, 0.1) is 0 Å². The number of carbonyl (C=O) groups is 2. The van der Waals surface area contributed by atoms with E-state index in [1.54, 1.807) is 0 Å². The van der Waals surface area contributed by atoms with Crippen molar-refractivity contribution in [3.63, 3.8) is 0 Å². The van der Waals surface area contributed by atoms with Crippen LogP contribution in [-0.4, -0.2) is 22.5 Å². The van der Waals surface area contributed by atoms with E-state index >= 15 is 0 Å². The summed E-state index contributed by atoms with van der Waals surface area (Å²) < 4.78 is 0. The molecule has 1 amide bonds. The van der Waals surface area contributed by atoms with Crippen LogP contribution in [-0.2, 0) is 9.59 Å². The second-order valence-corrected chi connectivity index (χ2v) is 8.14. The molecule has 1 fully saturated rings. The maximum Gasteiger partial charge on any atom is 0.329 e. The third-order valence-electron chi connectivity index (χ3n) is 5.55. The fourth-order valence-corrected chi connectivity index (χ4v) is 3.50. The molecule has 4 nitrogen and oxygen atoms in total. The van der Waals surface area contributed by atoms with Crippen molar-refractivity contribution in [2.45, 2.75) is 128 Å². The van der Waals surface area contributed by atoms with Gasteiger partial charge in [0.1, 0.15) is 5.54 Å². The van der Waals surface area contributed by atoms with Gasteiger partial charge in [-0.1, -0.05) is 96.8 Å². The molecular formula is C22H41NO3. The van der Waals surface area contributed by atoms with Gasteiger partial charge in [-0.15, -0.1) is 0 Å². The van der Waals surface area contributed by atoms with Crippen molar-refractivity contribution in [3.8, 4) is 0 Å². The van der Waals surface area contributed by atoms with Crippen LogP contribution in [0.2, 0.25) is 0 Å². The topological polar surface area (TPSA) is 66.4 Å². The Morgan fingerprint density at radius 2 is 1.12 bits per heavy atom. The molecule has 1 aliphatic rings. The zero-order valence-corrected chi connectivity index (χ0v) is 17.0. The Morgan fingerprint density at radius 3 is 1.46 bits per heavy atom. The van der Waals surface area contributed by atoms with Gasteiger partial charge in [0.25, 0.3) is 0 Å². The number of amides is 1. The highest BCUT2D eigenvalue weighted by Gasteiger charge is 2.51. The summed E-state index contributed by atoms with van der Waals surface area (Å²) in [7, 11) is 0. The van der Waals surface area contributed by atoms with Crippen LogP contribution in [0.4, 0.5) is 0 Å². The summed E-state index contributed by atoms with van der Waals surface area (Å²) in [5.41, 5.74) is -0.924. The molecule has 0 saturated heterocycles. The molecule has 0 aromatic carbocycles. The molecule has 0 aromatic rings. The Kier molecular flexibility index (Phi) is 12.4. The first kappa shape index (κ1) is 23.0. The molecule has 0 aromatic heterocycles. The van der Waals surface area contributed by atoms with Gasteiger partial charge in [0, 0.05) is 6.42 Å². The van der Waals surface area contributed by atoms with E-state index in [1.807, 2.05) is 0 Å². The molecule has 0 bridgehead atoms. The maximum absolute atomic E-state index is 11.8. The monoisotopic (exact) mass is 367 g/mol. The fraction of sp³-hybridized carbons (Fsp3) is 0.909. The standard InChI is InChI=1S/C22H41NO3/c1-2-3-4-5-6-7-8-9-10-11-12-13-14-15-16-17-20(24)23-22(18-19-22)21(25)26/h2-19H2,1H3,(H,23,24)(H,25,26). The Balaban J connectivity index is 1.77. The minimum Gasteiger partial charge on any atom is -0.480 e. The molecule has 1 rings (SSSR count). The summed E-state index contributed by atoms with van der Waals surface area (Å²) >= 11 is 0. The van der Waals surface area contributed by atoms with Gasteiger partial charge in [-0.05, 0) is 19.3 Å². The zero-order chi connectivity index (χ0) is 19.1. The van der Waals surface area contributed by atoms with E-state index in [2.05, 4.69) is 12.2 Å². The Hall–Kier alpha value is -1.06. The van der Waals surface area contributed by atoms with Crippen molar-refractivity contribution in [1.82, 2.24) is 5.32 Å². The molecule has 0 unspecified atom stereocenters. The van der Waals surface area contributed by atoms with Gasteiger partial charge in [-0.2, -0.15) is 0 Å². The molecule has 1 saturated carbocycles. The number of carboxylic acids is 1. The summed E-state index contributed by atoms with van der Waals surface area (Å²) in [6.45, 7) is 2.27. The number of nitrogens with one attached hydrogen (secondary N) is 1. The summed E-state index contributed by atoms with van der Waals surface area (Å²) in [5, 5.41) is 11.7. The van der Waals surface area contributed by atoms with Crippen molar-refractivity contribution in [3.05, 3.63) is 0 Å². The summed E-state index contributed by atoms with van der Waals surface area (Å²) in [5.74, 6) is -0.984. The second-order valence-electron chi connectivity index (χ2n) is 8.14. The highest BCUT2D eigenvalue weighted by atomic mass is 16.4. The first-order valence-corrected chi connectivity index (χ1v) is 11.1. The Labute approximate surface area is 160 Å². The minimum atomic E-state index is -0.924. The number of carbonyl (C=O) groups excluding carboxylic acids is 1. The van der Waals surface area contributed by atoms with E-state index in [0.717, 1.165) is 12.8 Å². The molecule has 4 heteroatoms. The second kappa shape index (κ2) is 14.1. The fourth-order valence-electron chi connectivity index (χ4n) is 3.50. The first-order valence-electron chi connectivity index (χ1n) is 11.1. The van der Waals surface area contributed by atoms with Crippen LogP contribution in [0.25, 0.3) is 0 Å². The number of unbranched alkanes of at least 4 members (excludes halogenated alkanes) is 14. The SMILES string of the molecule is CCCCCCCCCCCCCCCCCC(=O)NC1(C(=O)O)CC1. The Bertz CT molecular complexity index is 391. The van der Waals surface area contributed by atoms with Crippen LogP contribution in [0.1, 0.15) is 122 Å². The van der Waals surface area contributed by atoms with Gasteiger partial charge in [0.15, 0.2) is 0 Å². The third kappa shape index (κ3) is 10.8. The highest BCUT2D eigenvalue weighted by Crippen LogP contribution is 2.35. The number of carboxylic acid groups (broad SMARTS) is 1. The number of aliphatic carboxylic acids is 1. The minimum absolute atomic E-state index is 0.0976. The van der Waals surface area contributed by atoms with Crippen molar-refractivity contribution < 1.29 is 14.7 Å². The molecule has 0 atom stereocenters. The summed E-state index contributed by atoms with van der Waals surface area (Å²) in [6, 6.07) is 0.